The highest BCUT2D eigenvalue weighted by Crippen LogP contribution is 2.28. The molecule has 0 spiro atoms. The van der Waals surface area contributed by atoms with E-state index in [-0.39, 0.29) is 10.8 Å². The van der Waals surface area contributed by atoms with Gasteiger partial charge < -0.3 is 10.6 Å². The van der Waals surface area contributed by atoms with Crippen LogP contribution in [0.25, 0.3) is 11.1 Å². The Morgan fingerprint density at radius 3 is 2.08 bits per heavy atom. The Bertz CT molecular complexity index is 1560. The second-order valence-corrected chi connectivity index (χ2v) is 11.2. The molecule has 182 valence electrons. The minimum absolute atomic E-state index is 0.225. The van der Waals surface area contributed by atoms with Crippen LogP contribution in [0.4, 0.5) is 11.4 Å². The summed E-state index contributed by atoms with van der Waals surface area (Å²) in [6, 6.07) is 25.7. The van der Waals surface area contributed by atoms with Crippen molar-refractivity contribution in [3.05, 3.63) is 112 Å². The smallest absolute Gasteiger partial charge is 0.257 e. The summed E-state index contributed by atoms with van der Waals surface area (Å²) in [5.74, 6) is -0.734. The number of halogens is 1. The Kier molecular flexibility index (Phi) is 7.37. The minimum Gasteiger partial charge on any atom is -0.322 e. The third-order valence-corrected chi connectivity index (χ3v) is 7.25. The highest BCUT2D eigenvalue weighted by Gasteiger charge is 2.17. The quantitative estimate of drug-likeness (QED) is 0.287. The van der Waals surface area contributed by atoms with Crippen LogP contribution < -0.4 is 10.6 Å². The predicted molar refractivity (Wildman–Crippen MR) is 146 cm³/mol. The highest BCUT2D eigenvalue weighted by atomic mass is 79.9. The van der Waals surface area contributed by atoms with Crippen molar-refractivity contribution in [2.75, 3.05) is 16.9 Å². The molecule has 0 bridgehead atoms. The molecule has 0 aromatic heterocycles. The van der Waals surface area contributed by atoms with Gasteiger partial charge in [-0.25, -0.2) is 8.42 Å². The fourth-order valence-electron chi connectivity index (χ4n) is 3.77. The van der Waals surface area contributed by atoms with Crippen LogP contribution in [0, 0.1) is 6.92 Å². The van der Waals surface area contributed by atoms with Crippen molar-refractivity contribution in [2.24, 2.45) is 0 Å². The monoisotopic (exact) mass is 562 g/mol. The fraction of sp³-hybridized carbons (Fsp3) is 0.0714. The summed E-state index contributed by atoms with van der Waals surface area (Å²) in [4.78, 5) is 26.2. The Morgan fingerprint density at radius 1 is 0.750 bits per heavy atom. The number of rotatable bonds is 6. The molecule has 0 atom stereocenters. The van der Waals surface area contributed by atoms with Crippen molar-refractivity contribution in [1.82, 2.24) is 0 Å². The summed E-state index contributed by atoms with van der Waals surface area (Å²) in [7, 11) is -3.41. The Balaban J connectivity index is 1.54. The van der Waals surface area contributed by atoms with E-state index in [1.54, 1.807) is 72.8 Å². The van der Waals surface area contributed by atoms with E-state index in [0.717, 1.165) is 10.0 Å². The molecule has 0 heterocycles. The number of anilines is 2. The number of hydrogen-bond acceptors (Lipinski definition) is 4. The van der Waals surface area contributed by atoms with E-state index in [2.05, 4.69) is 26.6 Å². The predicted octanol–water partition coefficient (Wildman–Crippen LogP) is 6.33. The van der Waals surface area contributed by atoms with E-state index in [0.29, 0.717) is 33.6 Å². The van der Waals surface area contributed by atoms with Gasteiger partial charge in [0.15, 0.2) is 9.84 Å². The first-order chi connectivity index (χ1) is 17.1. The van der Waals surface area contributed by atoms with Crippen LogP contribution in [0.1, 0.15) is 26.3 Å². The molecule has 4 aromatic rings. The maximum Gasteiger partial charge on any atom is 0.257 e. The van der Waals surface area contributed by atoms with Crippen molar-refractivity contribution in [1.29, 1.82) is 0 Å². The van der Waals surface area contributed by atoms with Gasteiger partial charge in [-0.3, -0.25) is 9.59 Å². The summed E-state index contributed by atoms with van der Waals surface area (Å²) < 4.78 is 25.2. The number of benzene rings is 4. The molecule has 4 rings (SSSR count). The van der Waals surface area contributed by atoms with Gasteiger partial charge >= 0.3 is 0 Å². The van der Waals surface area contributed by atoms with Gasteiger partial charge in [0.25, 0.3) is 11.8 Å². The van der Waals surface area contributed by atoms with E-state index in [1.165, 1.54) is 6.26 Å². The number of carbonyl (C=O) groups excluding carboxylic acids is 2. The number of hydrogen-bond donors (Lipinski definition) is 2. The summed E-state index contributed by atoms with van der Waals surface area (Å²) in [6.07, 6.45) is 1.17. The first-order valence-electron chi connectivity index (χ1n) is 11.0. The summed E-state index contributed by atoms with van der Waals surface area (Å²) in [5.41, 5.74) is 3.89. The van der Waals surface area contributed by atoms with Gasteiger partial charge in [-0.2, -0.15) is 0 Å². The van der Waals surface area contributed by atoms with Gasteiger partial charge in [0, 0.05) is 27.5 Å². The first-order valence-corrected chi connectivity index (χ1v) is 13.7. The van der Waals surface area contributed by atoms with Crippen LogP contribution >= 0.6 is 15.9 Å². The van der Waals surface area contributed by atoms with E-state index < -0.39 is 15.7 Å². The highest BCUT2D eigenvalue weighted by molar-refractivity contribution is 9.10. The van der Waals surface area contributed by atoms with Crippen molar-refractivity contribution in [3.8, 4) is 11.1 Å². The van der Waals surface area contributed by atoms with Crippen LogP contribution in [0.5, 0.6) is 0 Å². The third kappa shape index (κ3) is 5.72. The molecule has 0 aliphatic carbocycles. The number of carbonyl (C=O) groups is 2. The Morgan fingerprint density at radius 2 is 1.39 bits per heavy atom. The maximum atomic E-state index is 13.0. The lowest BCUT2D eigenvalue weighted by Gasteiger charge is -2.13. The summed E-state index contributed by atoms with van der Waals surface area (Å²) in [6.45, 7) is 1.89. The van der Waals surface area contributed by atoms with E-state index >= 15 is 0 Å². The second kappa shape index (κ2) is 10.5. The average Bonchev–Trinajstić information content (AvgIpc) is 2.85. The van der Waals surface area contributed by atoms with Gasteiger partial charge in [-0.15, -0.1) is 0 Å². The number of para-hydroxylation sites is 1. The molecule has 0 unspecified atom stereocenters. The standard InChI is InChI=1S/C28H23BrN2O4S/c1-18-17-21(29)15-16-24(18)30-28(33)23-8-3-5-9-25(23)31-27(32)20-13-11-19(12-14-20)22-7-4-6-10-26(22)36(2,34)35/h3-17H,1-2H3,(H,30,33)(H,31,32). The van der Waals surface area contributed by atoms with E-state index in [9.17, 15) is 18.0 Å². The van der Waals surface area contributed by atoms with Crippen LogP contribution in [-0.4, -0.2) is 26.5 Å². The summed E-state index contributed by atoms with van der Waals surface area (Å²) in [5, 5.41) is 5.70. The molecule has 2 amide bonds. The molecule has 2 N–H and O–H groups in total. The molecule has 8 heteroatoms. The molecule has 36 heavy (non-hydrogen) atoms. The molecule has 0 saturated carbocycles. The number of amides is 2. The molecule has 0 radical (unpaired) electrons. The van der Waals surface area contributed by atoms with E-state index in [1.807, 2.05) is 25.1 Å². The van der Waals surface area contributed by atoms with Gasteiger partial charge in [0.05, 0.1) is 16.1 Å². The topological polar surface area (TPSA) is 92.3 Å². The first kappa shape index (κ1) is 25.3. The Hall–Kier alpha value is -3.75. The van der Waals surface area contributed by atoms with Crippen molar-refractivity contribution in [2.45, 2.75) is 11.8 Å². The van der Waals surface area contributed by atoms with Gasteiger partial charge in [0.2, 0.25) is 0 Å². The minimum atomic E-state index is -3.41. The van der Waals surface area contributed by atoms with Gasteiger partial charge in [-0.05, 0) is 66.6 Å². The largest absolute Gasteiger partial charge is 0.322 e. The Labute approximate surface area is 218 Å². The zero-order chi connectivity index (χ0) is 25.9. The van der Waals surface area contributed by atoms with Crippen LogP contribution in [0.3, 0.4) is 0 Å². The van der Waals surface area contributed by atoms with Crippen LogP contribution in [-0.2, 0) is 9.84 Å². The molecule has 4 aromatic carbocycles. The molecule has 6 nitrogen and oxygen atoms in total. The number of aryl methyl sites for hydroxylation is 1. The molecule has 0 fully saturated rings. The zero-order valence-corrected chi connectivity index (χ0v) is 22.0. The molecular formula is C28H23BrN2O4S. The summed E-state index contributed by atoms with van der Waals surface area (Å²) >= 11 is 3.41. The van der Waals surface area contributed by atoms with Crippen molar-refractivity contribution < 1.29 is 18.0 Å². The number of nitrogens with one attached hydrogen (secondary N) is 2. The van der Waals surface area contributed by atoms with Gasteiger partial charge in [0.1, 0.15) is 0 Å². The SMILES string of the molecule is Cc1cc(Br)ccc1NC(=O)c1ccccc1NC(=O)c1ccc(-c2ccccc2S(C)(=O)=O)cc1. The molecule has 0 aliphatic rings. The second-order valence-electron chi connectivity index (χ2n) is 8.26. The fourth-order valence-corrected chi connectivity index (χ4v) is 5.16. The lowest BCUT2D eigenvalue weighted by atomic mass is 10.0. The molecule has 0 aliphatic heterocycles. The lowest BCUT2D eigenvalue weighted by Crippen LogP contribution is -2.18. The number of sulfone groups is 1. The molecule has 0 saturated heterocycles. The third-order valence-electron chi connectivity index (χ3n) is 5.60. The van der Waals surface area contributed by atoms with Crippen LogP contribution in [0.2, 0.25) is 0 Å². The van der Waals surface area contributed by atoms with Crippen molar-refractivity contribution >= 4 is 49.0 Å². The normalized spacial score (nSPS) is 11.1. The lowest BCUT2D eigenvalue weighted by molar-refractivity contribution is 0.102. The van der Waals surface area contributed by atoms with Gasteiger partial charge in [-0.1, -0.05) is 58.4 Å². The van der Waals surface area contributed by atoms with E-state index in [4.69, 9.17) is 0 Å². The molecular weight excluding hydrogens is 540 g/mol. The average molecular weight is 563 g/mol. The maximum absolute atomic E-state index is 13.0. The van der Waals surface area contributed by atoms with Crippen molar-refractivity contribution in [3.63, 3.8) is 0 Å². The zero-order valence-electron chi connectivity index (χ0n) is 19.6. The van der Waals surface area contributed by atoms with Crippen LogP contribution in [0.15, 0.2) is 100 Å².